The second-order valence-corrected chi connectivity index (χ2v) is 6.00. The van der Waals surface area contributed by atoms with Gasteiger partial charge in [0.25, 0.3) is 5.91 Å². The van der Waals surface area contributed by atoms with Crippen LogP contribution in [0, 0.1) is 0 Å². The number of likely N-dealkylation sites (N-methyl/N-ethyl adjacent to an activating group) is 1. The number of carbonyl (C=O) groups is 3. The van der Waals surface area contributed by atoms with Crippen molar-refractivity contribution in [3.05, 3.63) is 30.3 Å². The van der Waals surface area contributed by atoms with Gasteiger partial charge in [-0.2, -0.15) is 0 Å². The fourth-order valence-corrected chi connectivity index (χ4v) is 3.04. The number of anilines is 1. The molecule has 1 aliphatic heterocycles. The zero-order chi connectivity index (χ0) is 16.6. The quantitative estimate of drug-likeness (QED) is 0.779. The lowest BCUT2D eigenvalue weighted by atomic mass is 10.2. The molecule has 0 aromatic heterocycles. The Kier molecular flexibility index (Phi) is 4.07. The van der Waals surface area contributed by atoms with Crippen molar-refractivity contribution in [2.45, 2.75) is 38.8 Å². The summed E-state index contributed by atoms with van der Waals surface area (Å²) < 4.78 is 0. The molecular weight excluding hydrogens is 294 g/mol. The van der Waals surface area contributed by atoms with E-state index < -0.39 is 12.1 Å². The Morgan fingerprint density at radius 3 is 2.43 bits per heavy atom. The van der Waals surface area contributed by atoms with Gasteiger partial charge in [0.05, 0.1) is 0 Å². The largest absolute Gasteiger partial charge is 0.338 e. The molecule has 0 unspecified atom stereocenters. The number of carbonyl (C=O) groups excluding carboxylic acids is 3. The van der Waals surface area contributed by atoms with E-state index in [1.165, 1.54) is 4.90 Å². The minimum absolute atomic E-state index is 0.154. The Bertz CT molecular complexity index is 627. The molecule has 2 fully saturated rings. The molecule has 1 aliphatic carbocycles. The number of imide groups is 1. The molecule has 2 aliphatic rings. The van der Waals surface area contributed by atoms with Crippen LogP contribution in [0.4, 0.5) is 10.5 Å². The molecule has 1 heterocycles. The highest BCUT2D eigenvalue weighted by molar-refractivity contribution is 6.15. The van der Waals surface area contributed by atoms with Crippen molar-refractivity contribution in [2.75, 3.05) is 18.0 Å². The van der Waals surface area contributed by atoms with Gasteiger partial charge in [-0.05, 0) is 38.8 Å². The van der Waals surface area contributed by atoms with Crippen molar-refractivity contribution in [1.82, 2.24) is 9.80 Å². The Hall–Kier alpha value is -2.37. The van der Waals surface area contributed by atoms with Gasteiger partial charge in [0, 0.05) is 18.3 Å². The molecule has 0 N–H and O–H groups in total. The minimum atomic E-state index is -0.589. The van der Waals surface area contributed by atoms with E-state index in [1.54, 1.807) is 24.0 Å². The lowest BCUT2D eigenvalue weighted by Crippen LogP contribution is -2.44. The Morgan fingerprint density at radius 1 is 1.22 bits per heavy atom. The van der Waals surface area contributed by atoms with E-state index in [-0.39, 0.29) is 24.4 Å². The summed E-state index contributed by atoms with van der Waals surface area (Å²) in [4.78, 5) is 41.7. The van der Waals surface area contributed by atoms with Gasteiger partial charge in [0.1, 0.15) is 12.6 Å². The summed E-state index contributed by atoms with van der Waals surface area (Å²) in [5.74, 6) is -0.474. The van der Waals surface area contributed by atoms with E-state index in [0.717, 1.165) is 17.7 Å². The standard InChI is InChI=1S/C17H21N3O3/c1-3-18(13-9-10-13)15(21)11-19-16(22)12(2)20(17(19)23)14-7-5-4-6-8-14/h4-8,12-13H,3,9-11H2,1-2H3/t12-/m1/s1. The zero-order valence-electron chi connectivity index (χ0n) is 13.4. The number of rotatable bonds is 5. The number of urea groups is 1. The highest BCUT2D eigenvalue weighted by Crippen LogP contribution is 2.28. The predicted octanol–water partition coefficient (Wildman–Crippen LogP) is 1.85. The third kappa shape index (κ3) is 2.81. The van der Waals surface area contributed by atoms with Crippen molar-refractivity contribution in [2.24, 2.45) is 0 Å². The highest BCUT2D eigenvalue weighted by atomic mass is 16.2. The lowest BCUT2D eigenvalue weighted by molar-refractivity contribution is -0.137. The van der Waals surface area contributed by atoms with Gasteiger partial charge in [-0.25, -0.2) is 4.79 Å². The first-order valence-corrected chi connectivity index (χ1v) is 8.03. The Morgan fingerprint density at radius 2 is 1.87 bits per heavy atom. The molecule has 1 aromatic carbocycles. The van der Waals surface area contributed by atoms with Gasteiger partial charge in [-0.15, -0.1) is 0 Å². The van der Waals surface area contributed by atoms with Crippen LogP contribution < -0.4 is 4.90 Å². The molecule has 1 atom stereocenters. The number of para-hydroxylation sites is 1. The van der Waals surface area contributed by atoms with Crippen LogP contribution in [0.1, 0.15) is 26.7 Å². The third-order valence-electron chi connectivity index (χ3n) is 4.42. The smallest absolute Gasteiger partial charge is 0.332 e. The Labute approximate surface area is 135 Å². The zero-order valence-corrected chi connectivity index (χ0v) is 13.4. The molecule has 1 saturated carbocycles. The maximum Gasteiger partial charge on any atom is 0.332 e. The van der Waals surface area contributed by atoms with E-state index in [0.29, 0.717) is 12.2 Å². The average molecular weight is 315 g/mol. The molecule has 0 bridgehead atoms. The fraction of sp³-hybridized carbons (Fsp3) is 0.471. The van der Waals surface area contributed by atoms with Crippen LogP contribution in [0.3, 0.4) is 0 Å². The third-order valence-corrected chi connectivity index (χ3v) is 4.42. The monoisotopic (exact) mass is 315 g/mol. The van der Waals surface area contributed by atoms with Crippen LogP contribution in [-0.2, 0) is 9.59 Å². The SMILES string of the molecule is CCN(C(=O)CN1C(=O)[C@@H](C)N(c2ccccc2)C1=O)C1CC1. The number of benzene rings is 1. The van der Waals surface area contributed by atoms with Crippen molar-refractivity contribution >= 4 is 23.5 Å². The molecule has 122 valence electrons. The molecule has 1 aromatic rings. The van der Waals surface area contributed by atoms with Crippen LogP contribution in [0.25, 0.3) is 0 Å². The summed E-state index contributed by atoms with van der Waals surface area (Å²) in [7, 11) is 0. The molecular formula is C17H21N3O3. The van der Waals surface area contributed by atoms with Crippen LogP contribution in [0.2, 0.25) is 0 Å². The predicted molar refractivity (Wildman–Crippen MR) is 85.9 cm³/mol. The van der Waals surface area contributed by atoms with E-state index >= 15 is 0 Å². The topological polar surface area (TPSA) is 60.9 Å². The number of hydrogen-bond donors (Lipinski definition) is 0. The van der Waals surface area contributed by atoms with Crippen molar-refractivity contribution in [3.8, 4) is 0 Å². The van der Waals surface area contributed by atoms with E-state index in [2.05, 4.69) is 0 Å². The summed E-state index contributed by atoms with van der Waals surface area (Å²) in [6.07, 6.45) is 2.02. The normalized spacial score (nSPS) is 21.0. The van der Waals surface area contributed by atoms with Gasteiger partial charge in [0.15, 0.2) is 0 Å². The maximum atomic E-state index is 12.6. The van der Waals surface area contributed by atoms with E-state index in [1.807, 2.05) is 25.1 Å². The van der Waals surface area contributed by atoms with E-state index in [9.17, 15) is 14.4 Å². The minimum Gasteiger partial charge on any atom is -0.338 e. The fourth-order valence-electron chi connectivity index (χ4n) is 3.04. The van der Waals surface area contributed by atoms with Gasteiger partial charge in [-0.1, -0.05) is 18.2 Å². The number of nitrogens with zero attached hydrogens (tertiary/aromatic N) is 3. The number of hydrogen-bond acceptors (Lipinski definition) is 3. The van der Waals surface area contributed by atoms with Crippen LogP contribution in [-0.4, -0.2) is 52.8 Å². The molecule has 23 heavy (non-hydrogen) atoms. The first-order valence-electron chi connectivity index (χ1n) is 8.03. The van der Waals surface area contributed by atoms with Gasteiger partial charge >= 0.3 is 6.03 Å². The van der Waals surface area contributed by atoms with Gasteiger partial charge in [0.2, 0.25) is 5.91 Å². The Balaban J connectivity index is 1.77. The van der Waals surface area contributed by atoms with Crippen LogP contribution >= 0.6 is 0 Å². The van der Waals surface area contributed by atoms with Gasteiger partial charge in [-0.3, -0.25) is 19.4 Å². The average Bonchev–Trinajstić information content (AvgIpc) is 3.35. The van der Waals surface area contributed by atoms with Crippen LogP contribution in [0.15, 0.2) is 30.3 Å². The van der Waals surface area contributed by atoms with Crippen molar-refractivity contribution < 1.29 is 14.4 Å². The van der Waals surface area contributed by atoms with Crippen molar-refractivity contribution in [3.63, 3.8) is 0 Å². The highest BCUT2D eigenvalue weighted by Gasteiger charge is 2.45. The second kappa shape index (κ2) is 6.02. The molecule has 6 nitrogen and oxygen atoms in total. The number of amides is 4. The summed E-state index contributed by atoms with van der Waals surface area (Å²) in [6, 6.07) is 8.34. The summed E-state index contributed by atoms with van der Waals surface area (Å²) >= 11 is 0. The molecule has 6 heteroatoms. The molecule has 1 saturated heterocycles. The first-order chi connectivity index (χ1) is 11.0. The first kappa shape index (κ1) is 15.5. The van der Waals surface area contributed by atoms with Crippen LogP contribution in [0.5, 0.6) is 0 Å². The van der Waals surface area contributed by atoms with Crippen molar-refractivity contribution in [1.29, 1.82) is 0 Å². The molecule has 0 radical (unpaired) electrons. The summed E-state index contributed by atoms with van der Waals surface area (Å²) in [5, 5.41) is 0. The van der Waals surface area contributed by atoms with E-state index in [4.69, 9.17) is 0 Å². The molecule has 3 rings (SSSR count). The maximum absolute atomic E-state index is 12.6. The molecule has 0 spiro atoms. The second-order valence-electron chi connectivity index (χ2n) is 6.00. The lowest BCUT2D eigenvalue weighted by Gasteiger charge is -2.23. The molecule has 4 amide bonds. The summed E-state index contributed by atoms with van der Waals surface area (Å²) in [5.41, 5.74) is 0.669. The summed E-state index contributed by atoms with van der Waals surface area (Å²) in [6.45, 7) is 4.05. The van der Waals surface area contributed by atoms with Gasteiger partial charge < -0.3 is 4.90 Å².